The van der Waals surface area contributed by atoms with Gasteiger partial charge >= 0.3 is 0 Å². The Balaban J connectivity index is 2.08. The Morgan fingerprint density at radius 2 is 2.17 bits per heavy atom. The molecule has 66 valence electrons. The van der Waals surface area contributed by atoms with E-state index >= 15 is 0 Å². The van der Waals surface area contributed by atoms with E-state index < -0.39 is 0 Å². The van der Waals surface area contributed by atoms with E-state index in [1.165, 1.54) is 25.9 Å². The molecule has 0 radical (unpaired) electrons. The molecule has 0 atom stereocenters. The maximum atomic E-state index is 4.95. The van der Waals surface area contributed by atoms with Gasteiger partial charge in [-0.3, -0.25) is 0 Å². The predicted molar refractivity (Wildman–Crippen MR) is 42.7 cm³/mol. The molecule has 0 aromatic carbocycles. The normalized spacial score (nSPS) is 19.8. The highest BCUT2D eigenvalue weighted by Crippen LogP contribution is 2.20. The molecule has 1 saturated heterocycles. The van der Waals surface area contributed by atoms with Gasteiger partial charge in [-0.1, -0.05) is 5.16 Å². The van der Waals surface area contributed by atoms with Crippen LogP contribution in [0, 0.1) is 6.92 Å². The van der Waals surface area contributed by atoms with Crippen LogP contribution in [0.1, 0.15) is 30.5 Å². The summed E-state index contributed by atoms with van der Waals surface area (Å²) < 4.78 is 4.95. The summed E-state index contributed by atoms with van der Waals surface area (Å²) in [5.41, 5.74) is 0. The third-order valence-electron chi connectivity index (χ3n) is 2.35. The lowest BCUT2D eigenvalue weighted by Gasteiger charge is -2.16. The Morgan fingerprint density at radius 1 is 1.42 bits per heavy atom. The second-order valence-electron chi connectivity index (χ2n) is 3.31. The summed E-state index contributed by atoms with van der Waals surface area (Å²) in [4.78, 5) is 4.24. The Labute approximate surface area is 71.4 Å². The largest absolute Gasteiger partial charge is 0.346 e. The minimum absolute atomic E-state index is 0.535. The minimum Gasteiger partial charge on any atom is -0.346 e. The van der Waals surface area contributed by atoms with Gasteiger partial charge in [-0.15, -0.1) is 0 Å². The number of nitrogens with zero attached hydrogens (tertiary/aromatic N) is 2. The highest BCUT2D eigenvalue weighted by molar-refractivity contribution is 4.94. The average molecular weight is 168 g/mol. The quantitative estimate of drug-likeness (QED) is 0.632. The summed E-state index contributed by atoms with van der Waals surface area (Å²) in [5.74, 6) is 2.12. The van der Waals surface area contributed by atoms with Gasteiger partial charge in [0, 0.05) is 25.7 Å². The molecule has 4 nitrogen and oxygen atoms in total. The molecule has 1 aromatic rings. The molecular formula is C8H14N3O+. The van der Waals surface area contributed by atoms with Crippen LogP contribution in [0.3, 0.4) is 0 Å². The summed E-state index contributed by atoms with van der Waals surface area (Å²) >= 11 is 0. The Morgan fingerprint density at radius 3 is 2.75 bits per heavy atom. The fourth-order valence-electron chi connectivity index (χ4n) is 1.67. The topological polar surface area (TPSA) is 55.5 Å². The monoisotopic (exact) mass is 168 g/mol. The predicted octanol–water partition coefficient (Wildman–Crippen LogP) is -0.181. The van der Waals surface area contributed by atoms with E-state index in [4.69, 9.17) is 4.52 Å². The average Bonchev–Trinajstić information content (AvgIpc) is 2.54. The van der Waals surface area contributed by atoms with Crippen molar-refractivity contribution in [2.45, 2.75) is 25.7 Å². The van der Waals surface area contributed by atoms with E-state index in [0.717, 1.165) is 5.82 Å². The standard InChI is InChI=1S/C8H13N3O/c1-6-10-8(11-12-6)7-2-4-9-5-3-7/h7,9H,2-5H2,1H3/p+1. The number of aryl methyl sites for hydroxylation is 1. The van der Waals surface area contributed by atoms with Gasteiger partial charge in [-0.2, -0.15) is 4.98 Å². The van der Waals surface area contributed by atoms with Crippen molar-refractivity contribution in [1.29, 1.82) is 0 Å². The summed E-state index contributed by atoms with van der Waals surface area (Å²) in [6.07, 6.45) is 2.36. The van der Waals surface area contributed by atoms with Gasteiger partial charge in [-0.05, 0) is 0 Å². The third kappa shape index (κ3) is 1.48. The first kappa shape index (κ1) is 7.73. The van der Waals surface area contributed by atoms with Crippen molar-refractivity contribution in [3.8, 4) is 0 Å². The molecule has 0 unspecified atom stereocenters. The molecule has 2 N–H and O–H groups in total. The van der Waals surface area contributed by atoms with E-state index in [1.807, 2.05) is 6.92 Å². The summed E-state index contributed by atoms with van der Waals surface area (Å²) in [6, 6.07) is 0. The SMILES string of the molecule is Cc1nc(C2CC[NH2+]CC2)no1. The molecule has 2 heterocycles. The molecule has 2 rings (SSSR count). The molecule has 0 bridgehead atoms. The number of nitrogens with two attached hydrogens (primary N) is 1. The maximum absolute atomic E-state index is 4.95. The number of rotatable bonds is 1. The van der Waals surface area contributed by atoms with Gasteiger partial charge in [0.15, 0.2) is 5.82 Å². The molecule has 0 spiro atoms. The zero-order valence-corrected chi connectivity index (χ0v) is 7.29. The number of hydrogen-bond donors (Lipinski definition) is 1. The van der Waals surface area contributed by atoms with E-state index in [1.54, 1.807) is 0 Å². The van der Waals surface area contributed by atoms with E-state index in [9.17, 15) is 0 Å². The van der Waals surface area contributed by atoms with Crippen LogP contribution in [-0.4, -0.2) is 23.2 Å². The number of aromatic nitrogens is 2. The van der Waals surface area contributed by atoms with Crippen molar-refractivity contribution in [2.75, 3.05) is 13.1 Å². The number of piperidine rings is 1. The van der Waals surface area contributed by atoms with Gasteiger partial charge in [0.05, 0.1) is 13.1 Å². The first-order chi connectivity index (χ1) is 5.86. The van der Waals surface area contributed by atoms with Crippen LogP contribution in [0.15, 0.2) is 4.52 Å². The van der Waals surface area contributed by atoms with E-state index in [-0.39, 0.29) is 0 Å². The Kier molecular flexibility index (Phi) is 2.08. The fourth-order valence-corrected chi connectivity index (χ4v) is 1.67. The highest BCUT2D eigenvalue weighted by Gasteiger charge is 2.21. The van der Waals surface area contributed by atoms with Crippen LogP contribution >= 0.6 is 0 Å². The first-order valence-electron chi connectivity index (χ1n) is 4.48. The third-order valence-corrected chi connectivity index (χ3v) is 2.35. The van der Waals surface area contributed by atoms with Crippen LogP contribution in [0.5, 0.6) is 0 Å². The van der Waals surface area contributed by atoms with Crippen LogP contribution in [0.4, 0.5) is 0 Å². The van der Waals surface area contributed by atoms with Crippen LogP contribution in [-0.2, 0) is 0 Å². The van der Waals surface area contributed by atoms with Crippen LogP contribution in [0.25, 0.3) is 0 Å². The molecule has 0 aliphatic carbocycles. The summed E-state index contributed by atoms with van der Waals surface area (Å²) in [6.45, 7) is 4.22. The Hall–Kier alpha value is -0.900. The number of hydrogen-bond acceptors (Lipinski definition) is 3. The van der Waals surface area contributed by atoms with Gasteiger partial charge in [0.25, 0.3) is 0 Å². The zero-order valence-electron chi connectivity index (χ0n) is 7.29. The molecular weight excluding hydrogens is 154 g/mol. The lowest BCUT2D eigenvalue weighted by molar-refractivity contribution is -0.663. The molecule has 1 aliphatic heterocycles. The van der Waals surface area contributed by atoms with E-state index in [2.05, 4.69) is 15.5 Å². The minimum atomic E-state index is 0.535. The van der Waals surface area contributed by atoms with Gasteiger partial charge < -0.3 is 9.84 Å². The molecule has 4 heteroatoms. The maximum Gasteiger partial charge on any atom is 0.223 e. The van der Waals surface area contributed by atoms with Crippen molar-refractivity contribution in [2.24, 2.45) is 0 Å². The highest BCUT2D eigenvalue weighted by atomic mass is 16.5. The molecule has 0 amide bonds. The van der Waals surface area contributed by atoms with Gasteiger partial charge in [0.1, 0.15) is 0 Å². The summed E-state index contributed by atoms with van der Waals surface area (Å²) in [5, 5.41) is 6.28. The summed E-state index contributed by atoms with van der Waals surface area (Å²) in [7, 11) is 0. The Bertz CT molecular complexity index is 253. The van der Waals surface area contributed by atoms with E-state index in [0.29, 0.717) is 11.8 Å². The number of quaternary nitrogens is 1. The van der Waals surface area contributed by atoms with Crippen molar-refractivity contribution in [1.82, 2.24) is 10.1 Å². The molecule has 1 fully saturated rings. The molecule has 1 aromatic heterocycles. The van der Waals surface area contributed by atoms with Gasteiger partial charge in [0.2, 0.25) is 5.89 Å². The lowest BCUT2D eigenvalue weighted by Crippen LogP contribution is -2.86. The molecule has 12 heavy (non-hydrogen) atoms. The van der Waals surface area contributed by atoms with Crippen molar-refractivity contribution < 1.29 is 9.84 Å². The second-order valence-corrected chi connectivity index (χ2v) is 3.31. The smallest absolute Gasteiger partial charge is 0.223 e. The molecule has 0 saturated carbocycles. The van der Waals surface area contributed by atoms with Crippen molar-refractivity contribution in [3.05, 3.63) is 11.7 Å². The molecule has 1 aliphatic rings. The first-order valence-corrected chi connectivity index (χ1v) is 4.48. The second kappa shape index (κ2) is 3.23. The lowest BCUT2D eigenvalue weighted by atomic mass is 9.98. The van der Waals surface area contributed by atoms with Crippen LogP contribution < -0.4 is 5.32 Å². The van der Waals surface area contributed by atoms with Crippen LogP contribution in [0.2, 0.25) is 0 Å². The van der Waals surface area contributed by atoms with Gasteiger partial charge in [-0.25, -0.2) is 0 Å². The zero-order chi connectivity index (χ0) is 8.39. The van der Waals surface area contributed by atoms with Crippen molar-refractivity contribution >= 4 is 0 Å². The fraction of sp³-hybridized carbons (Fsp3) is 0.750. The van der Waals surface area contributed by atoms with Crippen molar-refractivity contribution in [3.63, 3.8) is 0 Å².